The van der Waals surface area contributed by atoms with Crippen molar-refractivity contribution in [3.63, 3.8) is 0 Å². The minimum Gasteiger partial charge on any atom is -0.488 e. The molecule has 17 heteroatoms. The molecule has 1 saturated heterocycles. The molecular weight excluding hydrogens is 732 g/mol. The van der Waals surface area contributed by atoms with Crippen LogP contribution in [0.25, 0.3) is 22.5 Å². The molecule has 2 N–H and O–H groups in total. The van der Waals surface area contributed by atoms with Gasteiger partial charge in [-0.05, 0) is 60.7 Å². The van der Waals surface area contributed by atoms with Gasteiger partial charge in [-0.2, -0.15) is 26.3 Å². The number of hydrogen-bond donors (Lipinski definition) is 2. The van der Waals surface area contributed by atoms with Crippen LogP contribution in [0.3, 0.4) is 0 Å². The van der Waals surface area contributed by atoms with Gasteiger partial charge in [-0.15, -0.1) is 0 Å². The van der Waals surface area contributed by atoms with E-state index >= 15 is 0 Å². The largest absolute Gasteiger partial charge is 0.488 e. The van der Waals surface area contributed by atoms with Gasteiger partial charge in [-0.25, -0.2) is 19.7 Å². The third-order valence-corrected chi connectivity index (χ3v) is 8.70. The standard InChI is InChI=1S/C24H22F3N5O3.C14H11F3N2O/c25-24(26,27)17-4-1-3-16(15-17)18-7-8-19-22(28-18)32(11-14-35-19)23(33)30-20-5-2-6-21(29-20)31-9-12-34-13-10-31;15-14(16,17)10-3-1-2-9(8-10)11-4-5-12-13(19-11)18-6-7-20-12/h1-8,15H,9-14H2,(H,29,30,33);1-5,8H,6-7H2,(H,18,19). The Balaban J connectivity index is 0.000000197. The molecule has 1 fully saturated rings. The fourth-order valence-corrected chi connectivity index (χ4v) is 5.98. The van der Waals surface area contributed by atoms with E-state index in [9.17, 15) is 31.1 Å². The van der Waals surface area contributed by atoms with Gasteiger partial charge in [0.05, 0.1) is 48.8 Å². The fourth-order valence-electron chi connectivity index (χ4n) is 5.98. The average molecular weight is 766 g/mol. The molecule has 5 aromatic rings. The number of morpholine rings is 1. The summed E-state index contributed by atoms with van der Waals surface area (Å²) in [7, 11) is 0. The Labute approximate surface area is 310 Å². The maximum absolute atomic E-state index is 13.2. The number of ether oxygens (including phenoxy) is 3. The molecule has 2 amide bonds. The summed E-state index contributed by atoms with van der Waals surface area (Å²) in [4.78, 5) is 29.9. The Morgan fingerprint density at radius 1 is 0.673 bits per heavy atom. The van der Waals surface area contributed by atoms with Crippen molar-refractivity contribution in [1.82, 2.24) is 15.0 Å². The lowest BCUT2D eigenvalue weighted by molar-refractivity contribution is -0.138. The summed E-state index contributed by atoms with van der Waals surface area (Å²) >= 11 is 0. The molecule has 2 aromatic carbocycles. The van der Waals surface area contributed by atoms with E-state index in [4.69, 9.17) is 14.2 Å². The first-order valence-corrected chi connectivity index (χ1v) is 17.2. The number of benzene rings is 2. The summed E-state index contributed by atoms with van der Waals surface area (Å²) < 4.78 is 94.0. The van der Waals surface area contributed by atoms with Crippen LogP contribution in [-0.2, 0) is 17.1 Å². The molecule has 0 saturated carbocycles. The molecule has 0 aliphatic carbocycles. The van der Waals surface area contributed by atoms with E-state index in [2.05, 4.69) is 30.5 Å². The second-order valence-corrected chi connectivity index (χ2v) is 12.4. The normalized spacial score (nSPS) is 15.2. The smallest absolute Gasteiger partial charge is 0.416 e. The molecular formula is C38H33F6N7O4. The number of rotatable bonds is 4. The zero-order valence-corrected chi connectivity index (χ0v) is 29.0. The highest BCUT2D eigenvalue weighted by Crippen LogP contribution is 2.36. The molecule has 0 bridgehead atoms. The predicted molar refractivity (Wildman–Crippen MR) is 192 cm³/mol. The fraction of sp³-hybridized carbons (Fsp3) is 0.263. The lowest BCUT2D eigenvalue weighted by Gasteiger charge is -2.29. The van der Waals surface area contributed by atoms with E-state index in [1.807, 2.05) is 12.1 Å². The van der Waals surface area contributed by atoms with Gasteiger partial charge in [-0.3, -0.25) is 10.2 Å². The average Bonchev–Trinajstić information content (AvgIpc) is 3.20. The Bertz CT molecular complexity index is 2160. The van der Waals surface area contributed by atoms with Crippen molar-refractivity contribution in [1.29, 1.82) is 0 Å². The highest BCUT2D eigenvalue weighted by Gasteiger charge is 2.32. The maximum atomic E-state index is 13.2. The van der Waals surface area contributed by atoms with Gasteiger partial charge in [0.15, 0.2) is 23.1 Å². The third-order valence-electron chi connectivity index (χ3n) is 8.70. The van der Waals surface area contributed by atoms with Crippen LogP contribution < -0.4 is 29.9 Å². The van der Waals surface area contributed by atoms with Crippen molar-refractivity contribution in [2.45, 2.75) is 12.4 Å². The molecule has 55 heavy (non-hydrogen) atoms. The predicted octanol–water partition coefficient (Wildman–Crippen LogP) is 8.00. The van der Waals surface area contributed by atoms with Gasteiger partial charge in [0, 0.05) is 24.2 Å². The summed E-state index contributed by atoms with van der Waals surface area (Å²) in [6.07, 6.45) is -8.83. The van der Waals surface area contributed by atoms with Gasteiger partial charge in [0.2, 0.25) is 0 Å². The number of hydrogen-bond acceptors (Lipinski definition) is 9. The number of anilines is 4. The van der Waals surface area contributed by atoms with Crippen molar-refractivity contribution in [3.8, 4) is 34.0 Å². The summed E-state index contributed by atoms with van der Waals surface area (Å²) in [6.45, 7) is 4.31. The van der Waals surface area contributed by atoms with E-state index in [-0.39, 0.29) is 24.5 Å². The number of carbonyl (C=O) groups excluding carboxylic acids is 1. The number of urea groups is 1. The molecule has 8 rings (SSSR count). The summed E-state index contributed by atoms with van der Waals surface area (Å²) in [6, 6.07) is 21.5. The molecule has 11 nitrogen and oxygen atoms in total. The van der Waals surface area contributed by atoms with Crippen LogP contribution in [0.5, 0.6) is 11.5 Å². The molecule has 3 aliphatic rings. The van der Waals surface area contributed by atoms with Crippen LogP contribution in [0, 0.1) is 0 Å². The monoisotopic (exact) mass is 765 g/mol. The van der Waals surface area contributed by atoms with Gasteiger partial charge < -0.3 is 24.4 Å². The molecule has 3 aliphatic heterocycles. The van der Waals surface area contributed by atoms with E-state index in [0.29, 0.717) is 79.5 Å². The molecule has 0 spiro atoms. The van der Waals surface area contributed by atoms with E-state index < -0.39 is 29.5 Å². The number of alkyl halides is 6. The number of amides is 2. The molecule has 0 atom stereocenters. The van der Waals surface area contributed by atoms with E-state index in [1.165, 1.54) is 17.0 Å². The molecule has 6 heterocycles. The molecule has 286 valence electrons. The topological polar surface area (TPSA) is 114 Å². The zero-order valence-electron chi connectivity index (χ0n) is 29.0. The number of aromatic nitrogens is 3. The second kappa shape index (κ2) is 15.7. The summed E-state index contributed by atoms with van der Waals surface area (Å²) in [5, 5.41) is 5.85. The molecule has 3 aromatic heterocycles. The molecule has 0 unspecified atom stereocenters. The highest BCUT2D eigenvalue weighted by molar-refractivity contribution is 6.02. The van der Waals surface area contributed by atoms with Crippen LogP contribution in [0.15, 0.2) is 91.0 Å². The Kier molecular flexibility index (Phi) is 10.6. The van der Waals surface area contributed by atoms with E-state index in [1.54, 1.807) is 42.5 Å². The van der Waals surface area contributed by atoms with Crippen molar-refractivity contribution in [2.24, 2.45) is 0 Å². The SMILES string of the molecule is FC(F)(F)c1cccc(-c2ccc3c(n2)NCCO3)c1.O=C(Nc1cccc(N2CCOCC2)n1)N1CCOc2ccc(-c3cccc(C(F)(F)F)c3)nc21. The van der Waals surface area contributed by atoms with Crippen LogP contribution in [0.4, 0.5) is 54.4 Å². The lowest BCUT2D eigenvalue weighted by atomic mass is 10.1. The number of nitrogens with zero attached hydrogens (tertiary/aromatic N) is 5. The Hall–Kier alpha value is -6.10. The lowest BCUT2D eigenvalue weighted by Crippen LogP contribution is -2.41. The maximum Gasteiger partial charge on any atom is 0.416 e. The number of carbonyl (C=O) groups is 1. The van der Waals surface area contributed by atoms with Gasteiger partial charge in [0.25, 0.3) is 0 Å². The second-order valence-electron chi connectivity index (χ2n) is 12.4. The van der Waals surface area contributed by atoms with Crippen LogP contribution >= 0.6 is 0 Å². The number of pyridine rings is 3. The third kappa shape index (κ3) is 8.83. The van der Waals surface area contributed by atoms with Gasteiger partial charge in [-0.1, -0.05) is 30.3 Å². The quantitative estimate of drug-likeness (QED) is 0.176. The van der Waals surface area contributed by atoms with Crippen LogP contribution in [0.2, 0.25) is 0 Å². The first kappa shape index (κ1) is 37.2. The first-order chi connectivity index (χ1) is 26.4. The minimum atomic E-state index is -4.47. The van der Waals surface area contributed by atoms with Crippen molar-refractivity contribution >= 4 is 29.3 Å². The first-order valence-electron chi connectivity index (χ1n) is 17.2. The Morgan fingerprint density at radius 2 is 1.29 bits per heavy atom. The highest BCUT2D eigenvalue weighted by atomic mass is 19.4. The van der Waals surface area contributed by atoms with Gasteiger partial charge in [0.1, 0.15) is 24.8 Å². The van der Waals surface area contributed by atoms with Crippen molar-refractivity contribution in [3.05, 3.63) is 102 Å². The minimum absolute atomic E-state index is 0.223. The van der Waals surface area contributed by atoms with Crippen molar-refractivity contribution < 1.29 is 45.3 Å². The number of nitrogens with one attached hydrogen (secondary N) is 2. The number of halogens is 6. The van der Waals surface area contributed by atoms with Crippen LogP contribution in [-0.4, -0.2) is 73.6 Å². The van der Waals surface area contributed by atoms with E-state index in [0.717, 1.165) is 30.1 Å². The summed E-state index contributed by atoms with van der Waals surface area (Å²) in [5.74, 6) is 2.89. The Morgan fingerprint density at radius 3 is 1.96 bits per heavy atom. The number of fused-ring (bicyclic) bond motifs is 2. The summed E-state index contributed by atoms with van der Waals surface area (Å²) in [5.41, 5.74) is 0.0344. The van der Waals surface area contributed by atoms with Crippen LogP contribution in [0.1, 0.15) is 11.1 Å². The zero-order chi connectivity index (χ0) is 38.6. The molecule has 0 radical (unpaired) electrons. The van der Waals surface area contributed by atoms with Crippen molar-refractivity contribution in [2.75, 3.05) is 73.0 Å². The van der Waals surface area contributed by atoms with Gasteiger partial charge >= 0.3 is 18.4 Å².